The number of hydrogen-bond acceptors (Lipinski definition) is 3. The Balaban J connectivity index is 2.14. The van der Waals surface area contributed by atoms with Crippen molar-refractivity contribution < 1.29 is 0 Å². The Morgan fingerprint density at radius 2 is 1.82 bits per heavy atom. The summed E-state index contributed by atoms with van der Waals surface area (Å²) in [5.41, 5.74) is 1.44. The first-order valence-electron chi connectivity index (χ1n) is 7.40. The van der Waals surface area contributed by atoms with Gasteiger partial charge in [-0.05, 0) is 33.3 Å². The smallest absolute Gasteiger partial charge is 0.265 e. The van der Waals surface area contributed by atoms with Crippen LogP contribution in [0.5, 0.6) is 0 Å². The maximum Gasteiger partial charge on any atom is 0.265 e. The molecular weight excluding hydrogens is 276 g/mol. The standard InChI is InChI=1S/C17H20N4O/c1-12(13-8-6-5-7-9-13)20-11-18-15-14(16(20)22)10-19-21(15)17(2,3)4/h5-12H,1-4H3. The van der Waals surface area contributed by atoms with Gasteiger partial charge in [0.1, 0.15) is 11.7 Å². The van der Waals surface area contributed by atoms with Crippen molar-refractivity contribution in [3.8, 4) is 0 Å². The van der Waals surface area contributed by atoms with Crippen LogP contribution in [0.2, 0.25) is 0 Å². The summed E-state index contributed by atoms with van der Waals surface area (Å²) in [6, 6.07) is 9.87. The second-order valence-corrected chi connectivity index (χ2v) is 6.51. The first-order chi connectivity index (χ1) is 10.4. The third-order valence-electron chi connectivity index (χ3n) is 3.85. The zero-order chi connectivity index (χ0) is 15.9. The van der Waals surface area contributed by atoms with E-state index in [0.29, 0.717) is 11.0 Å². The number of fused-ring (bicyclic) bond motifs is 1. The van der Waals surface area contributed by atoms with Crippen LogP contribution in [-0.2, 0) is 5.54 Å². The van der Waals surface area contributed by atoms with Gasteiger partial charge in [-0.15, -0.1) is 0 Å². The first kappa shape index (κ1) is 14.5. The van der Waals surface area contributed by atoms with E-state index in [9.17, 15) is 4.79 Å². The Morgan fingerprint density at radius 3 is 2.45 bits per heavy atom. The Morgan fingerprint density at radius 1 is 1.14 bits per heavy atom. The lowest BCUT2D eigenvalue weighted by Crippen LogP contribution is -2.26. The molecule has 3 aromatic rings. The van der Waals surface area contributed by atoms with Crippen molar-refractivity contribution in [2.75, 3.05) is 0 Å². The van der Waals surface area contributed by atoms with Crippen molar-refractivity contribution in [3.63, 3.8) is 0 Å². The predicted octanol–water partition coefficient (Wildman–Crippen LogP) is 2.96. The monoisotopic (exact) mass is 296 g/mol. The molecule has 0 aliphatic carbocycles. The number of hydrogen-bond donors (Lipinski definition) is 0. The van der Waals surface area contributed by atoms with Crippen LogP contribution in [-0.4, -0.2) is 19.3 Å². The summed E-state index contributed by atoms with van der Waals surface area (Å²) in [5, 5.41) is 4.90. The van der Waals surface area contributed by atoms with Gasteiger partial charge in [-0.3, -0.25) is 9.36 Å². The SMILES string of the molecule is CC(c1ccccc1)n1cnc2c(cnn2C(C)(C)C)c1=O. The van der Waals surface area contributed by atoms with E-state index in [0.717, 1.165) is 5.56 Å². The van der Waals surface area contributed by atoms with Gasteiger partial charge in [0.2, 0.25) is 0 Å². The van der Waals surface area contributed by atoms with Crippen LogP contribution in [0.4, 0.5) is 0 Å². The normalized spacial score (nSPS) is 13.5. The van der Waals surface area contributed by atoms with Crippen molar-refractivity contribution >= 4 is 11.0 Å². The van der Waals surface area contributed by atoms with Crippen LogP contribution < -0.4 is 5.56 Å². The van der Waals surface area contributed by atoms with Crippen molar-refractivity contribution in [1.29, 1.82) is 0 Å². The minimum absolute atomic E-state index is 0.0585. The maximum atomic E-state index is 12.8. The van der Waals surface area contributed by atoms with Gasteiger partial charge in [-0.25, -0.2) is 9.67 Å². The molecule has 114 valence electrons. The zero-order valence-corrected chi connectivity index (χ0v) is 13.3. The van der Waals surface area contributed by atoms with E-state index in [-0.39, 0.29) is 17.1 Å². The zero-order valence-electron chi connectivity index (χ0n) is 13.3. The molecule has 0 aliphatic rings. The average molecular weight is 296 g/mol. The largest absolute Gasteiger partial charge is 0.291 e. The number of nitrogens with zero attached hydrogens (tertiary/aromatic N) is 4. The Bertz CT molecular complexity index is 856. The van der Waals surface area contributed by atoms with Gasteiger partial charge in [0.25, 0.3) is 5.56 Å². The summed E-state index contributed by atoms with van der Waals surface area (Å²) in [5.74, 6) is 0. The fraction of sp³-hybridized carbons (Fsp3) is 0.353. The predicted molar refractivity (Wildman–Crippen MR) is 87.0 cm³/mol. The van der Waals surface area contributed by atoms with E-state index >= 15 is 0 Å². The van der Waals surface area contributed by atoms with Crippen molar-refractivity contribution in [1.82, 2.24) is 19.3 Å². The van der Waals surface area contributed by atoms with Crippen LogP contribution in [0, 0.1) is 0 Å². The molecule has 2 heterocycles. The lowest BCUT2D eigenvalue weighted by atomic mass is 10.1. The van der Waals surface area contributed by atoms with Crippen LogP contribution in [0.1, 0.15) is 39.3 Å². The number of benzene rings is 1. The minimum Gasteiger partial charge on any atom is -0.291 e. The fourth-order valence-electron chi connectivity index (χ4n) is 2.58. The van der Waals surface area contributed by atoms with E-state index < -0.39 is 0 Å². The summed E-state index contributed by atoms with van der Waals surface area (Å²) in [4.78, 5) is 17.2. The highest BCUT2D eigenvalue weighted by Crippen LogP contribution is 2.20. The van der Waals surface area contributed by atoms with Gasteiger partial charge in [0, 0.05) is 0 Å². The molecule has 1 atom stereocenters. The van der Waals surface area contributed by atoms with E-state index in [1.54, 1.807) is 21.8 Å². The maximum absolute atomic E-state index is 12.8. The average Bonchev–Trinajstić information content (AvgIpc) is 2.93. The van der Waals surface area contributed by atoms with Crippen LogP contribution in [0.25, 0.3) is 11.0 Å². The lowest BCUT2D eigenvalue weighted by molar-refractivity contribution is 0.365. The Hall–Kier alpha value is -2.43. The van der Waals surface area contributed by atoms with Crippen molar-refractivity contribution in [2.45, 2.75) is 39.3 Å². The molecule has 3 rings (SSSR count). The van der Waals surface area contributed by atoms with Gasteiger partial charge in [0.05, 0.1) is 17.8 Å². The molecule has 0 saturated heterocycles. The molecule has 0 spiro atoms. The number of rotatable bonds is 2. The molecule has 1 aromatic carbocycles. The Labute approximate surface area is 129 Å². The van der Waals surface area contributed by atoms with Gasteiger partial charge in [-0.2, -0.15) is 5.10 Å². The molecule has 0 fully saturated rings. The highest BCUT2D eigenvalue weighted by Gasteiger charge is 2.20. The lowest BCUT2D eigenvalue weighted by Gasteiger charge is -2.20. The number of aromatic nitrogens is 4. The second kappa shape index (κ2) is 5.09. The van der Waals surface area contributed by atoms with E-state index in [1.165, 1.54) is 0 Å². The van der Waals surface area contributed by atoms with Crippen LogP contribution in [0.15, 0.2) is 47.7 Å². The van der Waals surface area contributed by atoms with E-state index in [4.69, 9.17) is 0 Å². The molecule has 0 amide bonds. The topological polar surface area (TPSA) is 52.7 Å². The first-order valence-corrected chi connectivity index (χ1v) is 7.40. The summed E-state index contributed by atoms with van der Waals surface area (Å²) >= 11 is 0. The van der Waals surface area contributed by atoms with Gasteiger partial charge < -0.3 is 0 Å². The van der Waals surface area contributed by atoms with Crippen LogP contribution >= 0.6 is 0 Å². The molecule has 0 aliphatic heterocycles. The minimum atomic E-state index is -0.210. The molecule has 2 aromatic heterocycles. The molecular formula is C17H20N4O. The molecule has 1 unspecified atom stereocenters. The van der Waals surface area contributed by atoms with Gasteiger partial charge >= 0.3 is 0 Å². The summed E-state index contributed by atoms with van der Waals surface area (Å²) in [6.45, 7) is 8.12. The fourth-order valence-corrected chi connectivity index (χ4v) is 2.58. The van der Waals surface area contributed by atoms with E-state index in [1.807, 2.05) is 58.0 Å². The van der Waals surface area contributed by atoms with Gasteiger partial charge in [-0.1, -0.05) is 30.3 Å². The third kappa shape index (κ3) is 2.32. The summed E-state index contributed by atoms with van der Waals surface area (Å²) in [6.07, 6.45) is 3.23. The molecule has 0 radical (unpaired) electrons. The summed E-state index contributed by atoms with van der Waals surface area (Å²) in [7, 11) is 0. The molecule has 0 N–H and O–H groups in total. The van der Waals surface area contributed by atoms with Crippen molar-refractivity contribution in [3.05, 3.63) is 58.8 Å². The van der Waals surface area contributed by atoms with Gasteiger partial charge in [0.15, 0.2) is 5.65 Å². The molecule has 22 heavy (non-hydrogen) atoms. The second-order valence-electron chi connectivity index (χ2n) is 6.51. The third-order valence-corrected chi connectivity index (χ3v) is 3.85. The molecule has 0 bridgehead atoms. The highest BCUT2D eigenvalue weighted by molar-refractivity contribution is 5.73. The molecule has 5 heteroatoms. The quantitative estimate of drug-likeness (QED) is 0.730. The highest BCUT2D eigenvalue weighted by atomic mass is 16.1. The molecule has 0 saturated carbocycles. The molecule has 5 nitrogen and oxygen atoms in total. The van der Waals surface area contributed by atoms with Crippen molar-refractivity contribution in [2.24, 2.45) is 0 Å². The Kier molecular flexibility index (Phi) is 3.35. The summed E-state index contributed by atoms with van der Waals surface area (Å²) < 4.78 is 3.45. The van der Waals surface area contributed by atoms with Crippen LogP contribution in [0.3, 0.4) is 0 Å². The van der Waals surface area contributed by atoms with E-state index in [2.05, 4.69) is 10.1 Å².